The Bertz CT molecular complexity index is 845. The van der Waals surface area contributed by atoms with Gasteiger partial charge in [-0.1, -0.05) is 63.2 Å². The van der Waals surface area contributed by atoms with Gasteiger partial charge in [0, 0.05) is 5.16 Å². The molecule has 2 heterocycles. The van der Waals surface area contributed by atoms with E-state index in [1.807, 2.05) is 0 Å². The first-order valence-electron chi connectivity index (χ1n) is 11.5. The third-order valence-electron chi connectivity index (χ3n) is 7.25. The van der Waals surface area contributed by atoms with Crippen molar-refractivity contribution < 1.29 is 0 Å². The van der Waals surface area contributed by atoms with Crippen LogP contribution in [0, 0.1) is 11.8 Å². The van der Waals surface area contributed by atoms with Crippen molar-refractivity contribution in [3.05, 3.63) is 59.2 Å². The molecule has 0 spiro atoms. The highest BCUT2D eigenvalue weighted by Crippen LogP contribution is 2.55. The third-order valence-corrected chi connectivity index (χ3v) is 8.92. The summed E-state index contributed by atoms with van der Waals surface area (Å²) in [6.07, 6.45) is 3.52. The Morgan fingerprint density at radius 3 is 1.93 bits per heavy atom. The predicted molar refractivity (Wildman–Crippen MR) is 137 cm³/mol. The molecule has 30 heavy (non-hydrogen) atoms. The second kappa shape index (κ2) is 8.99. The van der Waals surface area contributed by atoms with Gasteiger partial charge in [-0.05, 0) is 90.3 Å². The Morgan fingerprint density at radius 1 is 0.867 bits per heavy atom. The van der Waals surface area contributed by atoms with E-state index in [2.05, 4.69) is 92.3 Å². The van der Waals surface area contributed by atoms with Crippen LogP contribution in [0.2, 0.25) is 0 Å². The van der Waals surface area contributed by atoms with Crippen LogP contribution in [-0.2, 0) is 16.7 Å². The molecule has 0 aliphatic carbocycles. The van der Waals surface area contributed by atoms with Crippen molar-refractivity contribution in [2.75, 3.05) is 26.2 Å². The van der Waals surface area contributed by atoms with Gasteiger partial charge in [-0.15, -0.1) is 18.5 Å². The average molecular weight is 441 g/mol. The number of nitrogens with one attached hydrogen (secondary N) is 2. The summed E-state index contributed by atoms with van der Waals surface area (Å²) in [5.41, 5.74) is 7.46. The maximum atomic E-state index is 3.67. The molecule has 2 aliphatic heterocycles. The highest BCUT2D eigenvalue weighted by Gasteiger charge is 2.48. The van der Waals surface area contributed by atoms with E-state index in [4.69, 9.17) is 0 Å². The van der Waals surface area contributed by atoms with Gasteiger partial charge in [0.1, 0.15) is 0 Å². The molecule has 2 nitrogen and oxygen atoms in total. The number of hydrogen-bond acceptors (Lipinski definition) is 2. The number of hydrogen-bond donors (Lipinski definition) is 2. The van der Waals surface area contributed by atoms with Crippen molar-refractivity contribution in [3.8, 4) is 11.1 Å². The molecule has 2 aromatic carbocycles. The van der Waals surface area contributed by atoms with Gasteiger partial charge < -0.3 is 10.6 Å². The van der Waals surface area contributed by atoms with Crippen LogP contribution in [0.5, 0.6) is 0 Å². The van der Waals surface area contributed by atoms with Gasteiger partial charge >= 0.3 is 0 Å². The fraction of sp³-hybridized carbons (Fsp3) is 0.538. The number of benzene rings is 2. The van der Waals surface area contributed by atoms with E-state index in [1.165, 1.54) is 29.5 Å². The topological polar surface area (TPSA) is 24.1 Å². The van der Waals surface area contributed by atoms with Crippen LogP contribution in [0.15, 0.2) is 42.5 Å². The molecule has 4 heteroatoms. The summed E-state index contributed by atoms with van der Waals surface area (Å²) < 4.78 is 0. The van der Waals surface area contributed by atoms with Gasteiger partial charge in [-0.2, -0.15) is 0 Å². The fourth-order valence-electron chi connectivity index (χ4n) is 5.81. The molecule has 0 radical (unpaired) electrons. The molecule has 0 bridgehead atoms. The summed E-state index contributed by atoms with van der Waals surface area (Å²) in [5, 5.41) is 7.44. The van der Waals surface area contributed by atoms with Crippen LogP contribution in [-0.4, -0.2) is 26.2 Å². The minimum absolute atomic E-state index is 0.0657. The summed E-state index contributed by atoms with van der Waals surface area (Å²) >= 11 is 0. The lowest BCUT2D eigenvalue weighted by atomic mass is 9.66. The molecular weight excluding hydrogens is 402 g/mol. The van der Waals surface area contributed by atoms with E-state index in [0.29, 0.717) is 11.8 Å². The Balaban J connectivity index is 2.03. The molecule has 4 rings (SSSR count). The normalized spacial score (nSPS) is 24.2. The summed E-state index contributed by atoms with van der Waals surface area (Å²) in [6, 6.07) is 15.8. The Morgan fingerprint density at radius 2 is 1.47 bits per heavy atom. The molecular formula is C26H38N2P2. The summed E-state index contributed by atoms with van der Waals surface area (Å²) in [5.74, 6) is 1.30. The van der Waals surface area contributed by atoms with Crippen molar-refractivity contribution in [2.45, 2.75) is 50.3 Å². The first-order chi connectivity index (χ1) is 14.4. The van der Waals surface area contributed by atoms with Crippen molar-refractivity contribution in [3.63, 3.8) is 0 Å². The monoisotopic (exact) mass is 440 g/mol. The van der Waals surface area contributed by atoms with Crippen LogP contribution < -0.4 is 10.6 Å². The Kier molecular flexibility index (Phi) is 6.72. The van der Waals surface area contributed by atoms with Crippen molar-refractivity contribution in [1.29, 1.82) is 0 Å². The average Bonchev–Trinajstić information content (AvgIpc) is 3.47. The molecule has 2 N–H and O–H groups in total. The third kappa shape index (κ3) is 4.02. The molecule has 0 aromatic heterocycles. The van der Waals surface area contributed by atoms with Crippen LogP contribution in [0.25, 0.3) is 11.1 Å². The molecule has 0 saturated carbocycles. The zero-order valence-corrected chi connectivity index (χ0v) is 21.1. The van der Waals surface area contributed by atoms with E-state index >= 15 is 0 Å². The van der Waals surface area contributed by atoms with Crippen molar-refractivity contribution >= 4 is 18.5 Å². The number of rotatable bonds is 5. The molecule has 2 fully saturated rings. The van der Waals surface area contributed by atoms with Crippen LogP contribution >= 0.6 is 18.5 Å². The van der Waals surface area contributed by atoms with E-state index in [9.17, 15) is 0 Å². The second-order valence-electron chi connectivity index (χ2n) is 10.2. The van der Waals surface area contributed by atoms with E-state index in [0.717, 1.165) is 32.3 Å². The highest BCUT2D eigenvalue weighted by molar-refractivity contribution is 7.18. The summed E-state index contributed by atoms with van der Waals surface area (Å²) in [4.78, 5) is 0. The van der Waals surface area contributed by atoms with Gasteiger partial charge in [0.25, 0.3) is 0 Å². The summed E-state index contributed by atoms with van der Waals surface area (Å²) in [6.45, 7) is 11.7. The lowest BCUT2D eigenvalue weighted by molar-refractivity contribution is 0.295. The second-order valence-corrected chi connectivity index (χ2v) is 11.5. The van der Waals surface area contributed by atoms with Gasteiger partial charge in [0.15, 0.2) is 0 Å². The standard InChI is InChI=1S/C26H38N2P2/c1-25(2,3)24-22(18-7-5-4-6-8-18)10-9-19(17-29)23(24)26(30,20-11-13-27-15-20)21-12-14-28-16-21/h4-10,20-21,27-28H,11-17,29-30H2,1-3H3. The van der Waals surface area contributed by atoms with Crippen molar-refractivity contribution in [1.82, 2.24) is 10.6 Å². The molecule has 2 aliphatic rings. The fourth-order valence-corrected chi connectivity index (χ4v) is 7.05. The minimum atomic E-state index is 0.0657. The lowest BCUT2D eigenvalue weighted by Crippen LogP contribution is -2.42. The van der Waals surface area contributed by atoms with E-state index in [-0.39, 0.29) is 10.6 Å². The van der Waals surface area contributed by atoms with Gasteiger partial charge in [0.05, 0.1) is 0 Å². The molecule has 0 amide bonds. The first kappa shape index (κ1) is 22.4. The zero-order chi connectivity index (χ0) is 21.4. The SMILES string of the molecule is CC(C)(C)c1c(-c2ccccc2)ccc(CP)c1C(P)(C1CCNC1)C1CCNC1. The molecule has 4 unspecified atom stereocenters. The minimum Gasteiger partial charge on any atom is -0.316 e. The van der Waals surface area contributed by atoms with Crippen LogP contribution in [0.1, 0.15) is 50.3 Å². The van der Waals surface area contributed by atoms with E-state index in [1.54, 1.807) is 11.1 Å². The van der Waals surface area contributed by atoms with Gasteiger partial charge in [-0.3, -0.25) is 0 Å². The quantitative estimate of drug-likeness (QED) is 0.616. The lowest BCUT2D eigenvalue weighted by Gasteiger charge is -2.45. The highest BCUT2D eigenvalue weighted by atomic mass is 31.0. The first-order valence-corrected chi connectivity index (χ1v) is 12.9. The van der Waals surface area contributed by atoms with Crippen LogP contribution in [0.3, 0.4) is 0 Å². The van der Waals surface area contributed by atoms with Gasteiger partial charge in [0.2, 0.25) is 0 Å². The smallest absolute Gasteiger partial charge is 0.0185 e. The maximum Gasteiger partial charge on any atom is 0.0185 e. The Hall–Kier alpha value is -0.780. The van der Waals surface area contributed by atoms with Crippen molar-refractivity contribution in [2.24, 2.45) is 11.8 Å². The molecule has 162 valence electrons. The predicted octanol–water partition coefficient (Wildman–Crippen LogP) is 5.32. The van der Waals surface area contributed by atoms with Gasteiger partial charge in [-0.25, -0.2) is 0 Å². The molecule has 2 saturated heterocycles. The maximum absolute atomic E-state index is 3.67. The largest absolute Gasteiger partial charge is 0.316 e. The van der Waals surface area contributed by atoms with Crippen LogP contribution in [0.4, 0.5) is 0 Å². The molecule has 4 atom stereocenters. The zero-order valence-electron chi connectivity index (χ0n) is 18.8. The van der Waals surface area contributed by atoms with E-state index < -0.39 is 0 Å². The molecule has 2 aromatic rings. The summed E-state index contributed by atoms with van der Waals surface area (Å²) in [7, 11) is 6.46. The Labute approximate surface area is 187 Å².